The lowest BCUT2D eigenvalue weighted by Gasteiger charge is -2.29. The lowest BCUT2D eigenvalue weighted by molar-refractivity contribution is -0.147. The predicted octanol–water partition coefficient (Wildman–Crippen LogP) is 1.92. The summed E-state index contributed by atoms with van der Waals surface area (Å²) >= 11 is 0. The number of rotatable bonds is 4. The Balaban J connectivity index is 0.00000116. The molecule has 1 aromatic heterocycles. The van der Waals surface area contributed by atoms with Crippen LogP contribution in [0, 0.1) is 0 Å². The molecular formula is C14H24F2N4O2. The van der Waals surface area contributed by atoms with E-state index < -0.39 is 24.7 Å². The van der Waals surface area contributed by atoms with E-state index in [1.165, 1.54) is 6.20 Å². The van der Waals surface area contributed by atoms with Gasteiger partial charge in [-0.05, 0) is 12.8 Å². The minimum atomic E-state index is -2.77. The Bertz CT molecular complexity index is 469. The molecule has 22 heavy (non-hydrogen) atoms. The third kappa shape index (κ3) is 5.69. The largest absolute Gasteiger partial charge is 0.372 e. The molecule has 1 saturated heterocycles. The van der Waals surface area contributed by atoms with Crippen molar-refractivity contribution in [3.8, 4) is 0 Å². The number of alkyl halides is 2. The van der Waals surface area contributed by atoms with E-state index in [-0.39, 0.29) is 25.2 Å². The first kappa shape index (κ1) is 18.5. The van der Waals surface area contributed by atoms with E-state index in [1.807, 2.05) is 13.8 Å². The number of carbonyl (C=O) groups is 1. The summed E-state index contributed by atoms with van der Waals surface area (Å²) in [5, 5.41) is 6.53. The number of halogens is 2. The van der Waals surface area contributed by atoms with Crippen LogP contribution in [-0.4, -0.2) is 40.4 Å². The molecule has 0 spiro atoms. The van der Waals surface area contributed by atoms with Gasteiger partial charge in [0.05, 0.1) is 24.0 Å². The van der Waals surface area contributed by atoms with Crippen molar-refractivity contribution in [3.63, 3.8) is 0 Å². The zero-order valence-electron chi connectivity index (χ0n) is 13.2. The smallest absolute Gasteiger partial charge is 0.271 e. The van der Waals surface area contributed by atoms with E-state index in [9.17, 15) is 13.6 Å². The Hall–Kier alpha value is -1.54. The zero-order chi connectivity index (χ0) is 16.8. The van der Waals surface area contributed by atoms with Gasteiger partial charge in [0.25, 0.3) is 5.92 Å². The average Bonchev–Trinajstić information content (AvgIpc) is 2.88. The van der Waals surface area contributed by atoms with Gasteiger partial charge in [-0.1, -0.05) is 13.8 Å². The van der Waals surface area contributed by atoms with Crippen LogP contribution in [0.5, 0.6) is 0 Å². The Morgan fingerprint density at radius 1 is 1.64 bits per heavy atom. The Kier molecular flexibility index (Phi) is 6.89. The highest BCUT2D eigenvalue weighted by atomic mass is 19.3. The fourth-order valence-corrected chi connectivity index (χ4v) is 2.06. The molecule has 0 aromatic carbocycles. The van der Waals surface area contributed by atoms with E-state index in [2.05, 4.69) is 10.4 Å². The molecule has 2 atom stereocenters. The number of aryl methyl sites for hydroxylation is 1. The van der Waals surface area contributed by atoms with Gasteiger partial charge in [-0.3, -0.25) is 9.48 Å². The van der Waals surface area contributed by atoms with Crippen LogP contribution in [0.2, 0.25) is 0 Å². The summed E-state index contributed by atoms with van der Waals surface area (Å²) in [6, 6.07) is -0.799. The van der Waals surface area contributed by atoms with Gasteiger partial charge in [0.1, 0.15) is 6.61 Å². The highest BCUT2D eigenvalue weighted by molar-refractivity contribution is 5.94. The third-order valence-corrected chi connectivity index (χ3v) is 3.19. The first-order valence-corrected chi connectivity index (χ1v) is 7.40. The van der Waals surface area contributed by atoms with Gasteiger partial charge in [0, 0.05) is 19.7 Å². The van der Waals surface area contributed by atoms with Crippen LogP contribution in [0.1, 0.15) is 33.1 Å². The minimum Gasteiger partial charge on any atom is -0.372 e. The molecule has 1 aliphatic heterocycles. The van der Waals surface area contributed by atoms with E-state index in [4.69, 9.17) is 10.5 Å². The highest BCUT2D eigenvalue weighted by Crippen LogP contribution is 2.29. The zero-order valence-corrected chi connectivity index (χ0v) is 13.2. The molecule has 0 aliphatic carbocycles. The first-order valence-electron chi connectivity index (χ1n) is 7.40. The van der Waals surface area contributed by atoms with Gasteiger partial charge in [-0.15, -0.1) is 0 Å². The number of nitrogens with two attached hydrogens (primary N) is 1. The van der Waals surface area contributed by atoms with Crippen LogP contribution in [0.15, 0.2) is 12.4 Å². The second-order valence-corrected chi connectivity index (χ2v) is 5.06. The maximum atomic E-state index is 12.9. The lowest BCUT2D eigenvalue weighted by Crippen LogP contribution is -2.42. The molecule has 1 fully saturated rings. The van der Waals surface area contributed by atoms with E-state index in [1.54, 1.807) is 17.9 Å². The summed E-state index contributed by atoms with van der Waals surface area (Å²) < 4.78 is 32.4. The van der Waals surface area contributed by atoms with Crippen molar-refractivity contribution in [2.75, 3.05) is 11.9 Å². The normalized spacial score (nSPS) is 21.5. The van der Waals surface area contributed by atoms with Gasteiger partial charge in [0.15, 0.2) is 0 Å². The number of nitrogens with zero attached hydrogens (tertiary/aromatic N) is 2. The third-order valence-electron chi connectivity index (χ3n) is 3.19. The molecule has 2 heterocycles. The Morgan fingerprint density at radius 2 is 2.32 bits per heavy atom. The second-order valence-electron chi connectivity index (χ2n) is 5.06. The van der Waals surface area contributed by atoms with Crippen molar-refractivity contribution in [1.82, 2.24) is 9.78 Å². The number of hydrogen-bond donors (Lipinski definition) is 2. The molecule has 8 heteroatoms. The Labute approximate surface area is 129 Å². The van der Waals surface area contributed by atoms with Crippen LogP contribution < -0.4 is 11.1 Å². The van der Waals surface area contributed by atoms with Crippen molar-refractivity contribution in [1.29, 1.82) is 0 Å². The van der Waals surface area contributed by atoms with Crippen LogP contribution in [0.25, 0.3) is 0 Å². The molecule has 1 aliphatic rings. The van der Waals surface area contributed by atoms with Gasteiger partial charge >= 0.3 is 0 Å². The van der Waals surface area contributed by atoms with Gasteiger partial charge in [0.2, 0.25) is 5.91 Å². The monoisotopic (exact) mass is 318 g/mol. The highest BCUT2D eigenvalue weighted by Gasteiger charge is 2.36. The van der Waals surface area contributed by atoms with Crippen LogP contribution in [0.3, 0.4) is 0 Å². The quantitative estimate of drug-likeness (QED) is 0.888. The molecule has 1 amide bonds. The standard InChI is InChI=1S/C12H18F2N4O2.C2H6/c1-18-6-8(5-16-18)17-11(19)10(15)4-9-2-3-12(13,14)7-20-9;1-2/h5-6,9-10H,2-4,7,15H2,1H3,(H,17,19);1-2H3. The fourth-order valence-electron chi connectivity index (χ4n) is 2.06. The van der Waals surface area contributed by atoms with Crippen molar-refractivity contribution in [3.05, 3.63) is 12.4 Å². The molecule has 2 rings (SSSR count). The maximum Gasteiger partial charge on any atom is 0.271 e. The van der Waals surface area contributed by atoms with Gasteiger partial charge < -0.3 is 15.8 Å². The van der Waals surface area contributed by atoms with Crippen molar-refractivity contribution >= 4 is 11.6 Å². The Morgan fingerprint density at radius 3 is 2.82 bits per heavy atom. The minimum absolute atomic E-state index is 0.209. The number of ether oxygens (including phenoxy) is 1. The van der Waals surface area contributed by atoms with Crippen molar-refractivity contribution < 1.29 is 18.3 Å². The molecule has 0 radical (unpaired) electrons. The summed E-state index contributed by atoms with van der Waals surface area (Å²) in [7, 11) is 1.73. The molecule has 6 nitrogen and oxygen atoms in total. The average molecular weight is 318 g/mol. The molecular weight excluding hydrogens is 294 g/mol. The summed E-state index contributed by atoms with van der Waals surface area (Å²) in [4.78, 5) is 11.8. The van der Waals surface area contributed by atoms with E-state index >= 15 is 0 Å². The molecule has 2 unspecified atom stereocenters. The second kappa shape index (κ2) is 8.19. The van der Waals surface area contributed by atoms with Crippen LogP contribution in [-0.2, 0) is 16.6 Å². The van der Waals surface area contributed by atoms with Gasteiger partial charge in [-0.2, -0.15) is 5.10 Å². The number of anilines is 1. The molecule has 126 valence electrons. The maximum absolute atomic E-state index is 12.9. The van der Waals surface area contributed by atoms with E-state index in [0.717, 1.165) is 0 Å². The predicted molar refractivity (Wildman–Crippen MR) is 79.7 cm³/mol. The summed E-state index contributed by atoms with van der Waals surface area (Å²) in [6.07, 6.45) is 2.95. The topological polar surface area (TPSA) is 82.2 Å². The molecule has 1 aromatic rings. The number of carbonyl (C=O) groups excluding carboxylic acids is 1. The summed E-state index contributed by atoms with van der Waals surface area (Å²) in [5.74, 6) is -3.14. The molecule has 0 bridgehead atoms. The van der Waals surface area contributed by atoms with Gasteiger partial charge in [-0.25, -0.2) is 8.78 Å². The molecule has 0 saturated carbocycles. The number of hydrogen-bond acceptors (Lipinski definition) is 4. The van der Waals surface area contributed by atoms with Crippen LogP contribution in [0.4, 0.5) is 14.5 Å². The number of aromatic nitrogens is 2. The summed E-state index contributed by atoms with van der Waals surface area (Å²) in [5.41, 5.74) is 6.31. The van der Waals surface area contributed by atoms with Crippen molar-refractivity contribution in [2.24, 2.45) is 12.8 Å². The molecule has 3 N–H and O–H groups in total. The van der Waals surface area contributed by atoms with Crippen molar-refractivity contribution in [2.45, 2.75) is 51.2 Å². The fraction of sp³-hybridized carbons (Fsp3) is 0.714. The van der Waals surface area contributed by atoms with Crippen LogP contribution >= 0.6 is 0 Å². The number of amides is 1. The SMILES string of the molecule is CC.Cn1cc(NC(=O)C(N)CC2CCC(F)(F)CO2)cn1. The lowest BCUT2D eigenvalue weighted by atomic mass is 10.00. The first-order chi connectivity index (χ1) is 10.4. The number of nitrogens with one attached hydrogen (secondary N) is 1. The van der Waals surface area contributed by atoms with E-state index in [0.29, 0.717) is 5.69 Å². The summed E-state index contributed by atoms with van der Waals surface area (Å²) in [6.45, 7) is 3.40.